The predicted molar refractivity (Wildman–Crippen MR) is 61.8 cm³/mol. The summed E-state index contributed by atoms with van der Waals surface area (Å²) in [6.45, 7) is 0. The van der Waals surface area contributed by atoms with Crippen LogP contribution in [0, 0.1) is 10.1 Å². The second-order valence-corrected chi connectivity index (χ2v) is 3.90. The van der Waals surface area contributed by atoms with E-state index in [1.165, 1.54) is 0 Å². The average Bonchev–Trinajstić information content (AvgIpc) is 2.22. The van der Waals surface area contributed by atoms with E-state index in [0.717, 1.165) is 12.8 Å². The Kier molecular flexibility index (Phi) is 5.46. The molecule has 0 spiro atoms. The van der Waals surface area contributed by atoms with Gasteiger partial charge in [-0.05, 0) is 25.7 Å². The smallest absolute Gasteiger partial charge is 0.270 e. The minimum atomic E-state index is -1.02. The number of rotatable bonds is 1. The third-order valence-electron chi connectivity index (χ3n) is 2.62. The van der Waals surface area contributed by atoms with Gasteiger partial charge in [-0.1, -0.05) is 24.3 Å². The molecule has 1 aliphatic rings. The maximum absolute atomic E-state index is 11.6. The van der Waals surface area contributed by atoms with E-state index in [4.69, 9.17) is 0 Å². The van der Waals surface area contributed by atoms with Crippen LogP contribution >= 0.6 is 0 Å². The number of hydrogen-bond acceptors (Lipinski definition) is 3. The van der Waals surface area contributed by atoms with Crippen molar-refractivity contribution in [3.63, 3.8) is 0 Å². The highest BCUT2D eigenvalue weighted by atomic mass is 16.6. The first kappa shape index (κ1) is 12.6. The zero-order valence-corrected chi connectivity index (χ0v) is 9.30. The monoisotopic (exact) mass is 223 g/mol. The zero-order chi connectivity index (χ0) is 11.8. The number of ketones is 1. The molecule has 0 saturated carbocycles. The molecule has 0 fully saturated rings. The van der Waals surface area contributed by atoms with Crippen LogP contribution < -0.4 is 0 Å². The van der Waals surface area contributed by atoms with Gasteiger partial charge in [-0.25, -0.2) is 0 Å². The molecule has 0 bridgehead atoms. The van der Waals surface area contributed by atoms with Gasteiger partial charge in [0.1, 0.15) is 0 Å². The van der Waals surface area contributed by atoms with Crippen LogP contribution in [0.1, 0.15) is 38.5 Å². The van der Waals surface area contributed by atoms with Crippen molar-refractivity contribution in [2.45, 2.75) is 44.6 Å². The van der Waals surface area contributed by atoms with Gasteiger partial charge in [-0.15, -0.1) is 0 Å². The van der Waals surface area contributed by atoms with Crippen molar-refractivity contribution in [1.29, 1.82) is 0 Å². The lowest BCUT2D eigenvalue weighted by molar-refractivity contribution is -0.508. The minimum Gasteiger partial charge on any atom is -0.292 e. The number of Topliss-reactive ketones (excluding diaryl/α,β-unsaturated/α-hetero) is 1. The Morgan fingerprint density at radius 3 is 2.25 bits per heavy atom. The molecular formula is C12H17NO3. The predicted octanol–water partition coefficient (Wildman–Crippen LogP) is 2.67. The number of allylic oxidation sites excluding steroid dienone is 4. The van der Waals surface area contributed by atoms with Crippen molar-refractivity contribution in [2.24, 2.45) is 0 Å². The van der Waals surface area contributed by atoms with Gasteiger partial charge in [-0.3, -0.25) is 14.9 Å². The number of hydrogen-bond donors (Lipinski definition) is 0. The van der Waals surface area contributed by atoms with Gasteiger partial charge in [-0.2, -0.15) is 0 Å². The summed E-state index contributed by atoms with van der Waals surface area (Å²) >= 11 is 0. The fourth-order valence-corrected chi connectivity index (χ4v) is 1.69. The molecule has 4 heteroatoms. The number of carbonyl (C=O) groups excluding carboxylic acids is 1. The Hall–Kier alpha value is -1.45. The Morgan fingerprint density at radius 2 is 1.62 bits per heavy atom. The van der Waals surface area contributed by atoms with Crippen molar-refractivity contribution in [2.75, 3.05) is 0 Å². The first-order valence-corrected chi connectivity index (χ1v) is 5.68. The fraction of sp³-hybridized carbons (Fsp3) is 0.583. The number of nitrogens with zero attached hydrogens (tertiary/aromatic N) is 1. The van der Waals surface area contributed by atoms with Crippen LogP contribution in [0.3, 0.4) is 0 Å². The second kappa shape index (κ2) is 6.93. The van der Waals surface area contributed by atoms with E-state index in [0.29, 0.717) is 19.3 Å². The molecule has 0 aromatic rings. The minimum absolute atomic E-state index is 0.247. The molecule has 1 atom stereocenters. The molecule has 4 nitrogen and oxygen atoms in total. The summed E-state index contributed by atoms with van der Waals surface area (Å²) in [5, 5.41) is 10.7. The van der Waals surface area contributed by atoms with Crippen molar-refractivity contribution in [3.8, 4) is 0 Å². The van der Waals surface area contributed by atoms with Crippen LogP contribution in [0.15, 0.2) is 24.3 Å². The molecule has 0 heterocycles. The van der Waals surface area contributed by atoms with Crippen LogP contribution in [0.5, 0.6) is 0 Å². The summed E-state index contributed by atoms with van der Waals surface area (Å²) in [5.41, 5.74) is 0. The highest BCUT2D eigenvalue weighted by molar-refractivity contribution is 5.82. The fourth-order valence-electron chi connectivity index (χ4n) is 1.69. The standard InChI is InChI=1S/C12H17NO3/c14-12-10-8-6-4-2-1-3-5-7-9-11(12)13(15)16/h3-6,11H,1-2,7-10H2. The molecule has 0 aliphatic heterocycles. The van der Waals surface area contributed by atoms with Gasteiger partial charge >= 0.3 is 0 Å². The molecule has 0 radical (unpaired) electrons. The highest BCUT2D eigenvalue weighted by Crippen LogP contribution is 2.10. The van der Waals surface area contributed by atoms with Crippen LogP contribution in [-0.4, -0.2) is 16.7 Å². The van der Waals surface area contributed by atoms with Crippen molar-refractivity contribution in [3.05, 3.63) is 34.4 Å². The van der Waals surface area contributed by atoms with Crippen molar-refractivity contribution >= 4 is 5.78 Å². The molecule has 1 aliphatic carbocycles. The topological polar surface area (TPSA) is 60.2 Å². The van der Waals surface area contributed by atoms with E-state index >= 15 is 0 Å². The second-order valence-electron chi connectivity index (χ2n) is 3.90. The lowest BCUT2D eigenvalue weighted by Gasteiger charge is -2.06. The average molecular weight is 223 g/mol. The van der Waals surface area contributed by atoms with Crippen molar-refractivity contribution in [1.82, 2.24) is 0 Å². The molecule has 88 valence electrons. The quantitative estimate of drug-likeness (QED) is 0.390. The van der Waals surface area contributed by atoms with Crippen LogP contribution in [0.4, 0.5) is 0 Å². The number of nitro groups is 1. The third-order valence-corrected chi connectivity index (χ3v) is 2.62. The van der Waals surface area contributed by atoms with Gasteiger partial charge in [0.15, 0.2) is 0 Å². The molecule has 0 N–H and O–H groups in total. The van der Waals surface area contributed by atoms with E-state index in [2.05, 4.69) is 0 Å². The highest BCUT2D eigenvalue weighted by Gasteiger charge is 2.27. The zero-order valence-electron chi connectivity index (χ0n) is 9.30. The first-order valence-electron chi connectivity index (χ1n) is 5.68. The Labute approximate surface area is 95.2 Å². The van der Waals surface area contributed by atoms with Gasteiger partial charge in [0.2, 0.25) is 5.78 Å². The summed E-state index contributed by atoms with van der Waals surface area (Å²) in [6.07, 6.45) is 11.7. The van der Waals surface area contributed by atoms with E-state index in [1.54, 1.807) is 0 Å². The summed E-state index contributed by atoms with van der Waals surface area (Å²) in [7, 11) is 0. The lowest BCUT2D eigenvalue weighted by Crippen LogP contribution is -2.29. The molecule has 0 saturated heterocycles. The molecule has 1 unspecified atom stereocenters. The summed E-state index contributed by atoms with van der Waals surface area (Å²) in [4.78, 5) is 21.8. The molecule has 16 heavy (non-hydrogen) atoms. The summed E-state index contributed by atoms with van der Waals surface area (Å²) in [5.74, 6) is -0.247. The first-order chi connectivity index (χ1) is 7.72. The third kappa shape index (κ3) is 4.38. The maximum atomic E-state index is 11.6. The van der Waals surface area contributed by atoms with E-state index < -0.39 is 11.0 Å². The largest absolute Gasteiger partial charge is 0.292 e. The molecule has 1 rings (SSSR count). The van der Waals surface area contributed by atoms with Crippen molar-refractivity contribution < 1.29 is 9.72 Å². The summed E-state index contributed by atoms with van der Waals surface area (Å²) in [6, 6.07) is -1.02. The molecule has 0 aromatic heterocycles. The lowest BCUT2D eigenvalue weighted by atomic mass is 10.0. The van der Waals surface area contributed by atoms with Crippen LogP contribution in [-0.2, 0) is 4.79 Å². The van der Waals surface area contributed by atoms with Gasteiger partial charge in [0.25, 0.3) is 6.04 Å². The Morgan fingerprint density at radius 1 is 1.06 bits per heavy atom. The van der Waals surface area contributed by atoms with Gasteiger partial charge < -0.3 is 0 Å². The van der Waals surface area contributed by atoms with E-state index in [-0.39, 0.29) is 12.2 Å². The SMILES string of the molecule is O=C1CCC=CCCC=CCCC1[N+](=O)[O-]. The maximum Gasteiger partial charge on any atom is 0.270 e. The molecule has 0 aromatic carbocycles. The van der Waals surface area contributed by atoms with Gasteiger partial charge in [0, 0.05) is 17.8 Å². The van der Waals surface area contributed by atoms with E-state index in [9.17, 15) is 14.9 Å². The Balaban J connectivity index is 2.62. The summed E-state index contributed by atoms with van der Waals surface area (Å²) < 4.78 is 0. The number of carbonyl (C=O) groups is 1. The molecular weight excluding hydrogens is 206 g/mol. The normalized spacial score (nSPS) is 23.5. The molecule has 0 amide bonds. The van der Waals surface area contributed by atoms with Crippen LogP contribution in [0.2, 0.25) is 0 Å². The van der Waals surface area contributed by atoms with Gasteiger partial charge in [0.05, 0.1) is 0 Å². The van der Waals surface area contributed by atoms with Crippen LogP contribution in [0.25, 0.3) is 0 Å². The van der Waals surface area contributed by atoms with E-state index in [1.807, 2.05) is 24.3 Å². The Bertz CT molecular complexity index is 307.